The first-order chi connectivity index (χ1) is 14.9. The number of hydrogen-bond donors (Lipinski definition) is 2. The van der Waals surface area contributed by atoms with Gasteiger partial charge in [0.05, 0.1) is 11.2 Å². The van der Waals surface area contributed by atoms with Gasteiger partial charge in [-0.3, -0.25) is 0 Å². The van der Waals surface area contributed by atoms with Crippen LogP contribution in [-0.4, -0.2) is 23.3 Å². The molecule has 31 heavy (non-hydrogen) atoms. The molecule has 8 heteroatoms. The summed E-state index contributed by atoms with van der Waals surface area (Å²) in [7, 11) is -0.569. The minimum atomic E-state index is -0.569. The van der Waals surface area contributed by atoms with E-state index in [-0.39, 0.29) is 5.02 Å². The van der Waals surface area contributed by atoms with Crippen LogP contribution >= 0.6 is 31.1 Å². The molecule has 0 aliphatic heterocycles. The molecule has 0 saturated carbocycles. The number of nitrogens with zero attached hydrogens (tertiary/aromatic N) is 2. The monoisotopic (exact) mass is 476 g/mol. The van der Waals surface area contributed by atoms with Crippen molar-refractivity contribution in [1.29, 1.82) is 0 Å². The van der Waals surface area contributed by atoms with Crippen LogP contribution in [-0.2, 0) is 12.8 Å². The van der Waals surface area contributed by atoms with Crippen LogP contribution < -0.4 is 15.9 Å². The molecule has 2 aromatic carbocycles. The van der Waals surface area contributed by atoms with E-state index in [1.54, 1.807) is 12.3 Å². The van der Waals surface area contributed by atoms with Crippen molar-refractivity contribution in [2.75, 3.05) is 24.0 Å². The van der Waals surface area contributed by atoms with Gasteiger partial charge in [-0.05, 0) is 74.4 Å². The minimum Gasteiger partial charge on any atom is -0.338 e. The van der Waals surface area contributed by atoms with Crippen molar-refractivity contribution >= 4 is 59.6 Å². The summed E-state index contributed by atoms with van der Waals surface area (Å²) in [6.07, 6.45) is 7.55. The number of anilines is 4. The van der Waals surface area contributed by atoms with Crippen molar-refractivity contribution in [3.63, 3.8) is 0 Å². The first kappa shape index (κ1) is 22.3. The summed E-state index contributed by atoms with van der Waals surface area (Å²) >= 11 is 12.4. The van der Waals surface area contributed by atoms with Crippen LogP contribution in [0.5, 0.6) is 0 Å². The van der Waals surface area contributed by atoms with Gasteiger partial charge in [-0.15, -0.1) is 0 Å². The molecule has 4 nitrogen and oxygen atoms in total. The lowest BCUT2D eigenvalue weighted by Crippen LogP contribution is -2.10. The van der Waals surface area contributed by atoms with Gasteiger partial charge in [0.15, 0.2) is 5.82 Å². The molecule has 0 amide bonds. The Morgan fingerprint density at radius 3 is 2.48 bits per heavy atom. The van der Waals surface area contributed by atoms with E-state index in [1.165, 1.54) is 36.5 Å². The predicted molar refractivity (Wildman–Crippen MR) is 131 cm³/mol. The molecule has 162 valence electrons. The molecule has 0 spiro atoms. The molecular formula is C23H24Cl2FN4P. The number of aromatic nitrogens is 2. The highest BCUT2D eigenvalue weighted by Gasteiger charge is 2.15. The molecule has 1 aliphatic rings. The summed E-state index contributed by atoms with van der Waals surface area (Å²) in [5.41, 5.74) is 4.46. The van der Waals surface area contributed by atoms with E-state index in [9.17, 15) is 4.39 Å². The normalized spacial score (nSPS) is 13.6. The van der Waals surface area contributed by atoms with Crippen LogP contribution in [0.15, 0.2) is 36.5 Å². The maximum absolute atomic E-state index is 14.0. The van der Waals surface area contributed by atoms with Crippen molar-refractivity contribution in [2.45, 2.75) is 32.1 Å². The average molecular weight is 477 g/mol. The van der Waals surface area contributed by atoms with Gasteiger partial charge in [0.25, 0.3) is 0 Å². The molecule has 0 fully saturated rings. The van der Waals surface area contributed by atoms with E-state index in [0.717, 1.165) is 23.8 Å². The van der Waals surface area contributed by atoms with Crippen LogP contribution in [0.4, 0.5) is 27.5 Å². The molecule has 0 radical (unpaired) electrons. The van der Waals surface area contributed by atoms with E-state index in [1.807, 2.05) is 0 Å². The zero-order valence-electron chi connectivity index (χ0n) is 17.5. The maximum atomic E-state index is 14.0. The molecule has 1 aliphatic carbocycles. The standard InChI is InChI=1S/C23H24Cl2FN4P/c1-31(2)21-12-19(26)17(24)11-20(21)29-22-18(25)13-27-23(30-22)28-16-9-8-14-6-4-3-5-7-15(14)10-16/h8-13H,3-7H2,1-2H3,(H2,27,28,29,30). The number of halogens is 3. The number of aryl methyl sites for hydroxylation is 2. The first-order valence-electron chi connectivity index (χ1n) is 10.3. The van der Waals surface area contributed by atoms with E-state index in [2.05, 4.69) is 52.1 Å². The third-order valence-electron chi connectivity index (χ3n) is 5.37. The van der Waals surface area contributed by atoms with Crippen LogP contribution in [0, 0.1) is 5.82 Å². The third-order valence-corrected chi connectivity index (χ3v) is 7.27. The van der Waals surface area contributed by atoms with Crippen molar-refractivity contribution in [1.82, 2.24) is 9.97 Å². The van der Waals surface area contributed by atoms with Gasteiger partial charge >= 0.3 is 0 Å². The van der Waals surface area contributed by atoms with Crippen molar-refractivity contribution in [2.24, 2.45) is 0 Å². The molecule has 2 N–H and O–H groups in total. The molecule has 1 heterocycles. The maximum Gasteiger partial charge on any atom is 0.229 e. The molecule has 1 aromatic heterocycles. The summed E-state index contributed by atoms with van der Waals surface area (Å²) in [4.78, 5) is 8.87. The lowest BCUT2D eigenvalue weighted by atomic mass is 10.0. The van der Waals surface area contributed by atoms with Gasteiger partial charge in [-0.1, -0.05) is 43.6 Å². The van der Waals surface area contributed by atoms with Gasteiger partial charge < -0.3 is 10.6 Å². The molecule has 0 unspecified atom stereocenters. The highest BCUT2D eigenvalue weighted by Crippen LogP contribution is 2.34. The SMILES string of the molecule is CP(C)c1cc(F)c(Cl)cc1Nc1nc(Nc2ccc3c(c2)CCCCC3)ncc1Cl. The number of fused-ring (bicyclic) bond motifs is 1. The number of rotatable bonds is 5. The Morgan fingerprint density at radius 2 is 1.71 bits per heavy atom. The second kappa shape index (κ2) is 9.68. The fourth-order valence-electron chi connectivity index (χ4n) is 3.77. The smallest absolute Gasteiger partial charge is 0.229 e. The van der Waals surface area contributed by atoms with Gasteiger partial charge in [0.1, 0.15) is 10.8 Å². The Balaban J connectivity index is 1.60. The van der Waals surface area contributed by atoms with Crippen molar-refractivity contribution in [3.8, 4) is 0 Å². The minimum absolute atomic E-state index is 0.0524. The highest BCUT2D eigenvalue weighted by atomic mass is 35.5. The summed E-state index contributed by atoms with van der Waals surface area (Å²) in [6, 6.07) is 9.49. The lowest BCUT2D eigenvalue weighted by molar-refractivity contribution is 0.629. The Hall–Kier alpha value is -1.94. The van der Waals surface area contributed by atoms with Crippen LogP contribution in [0.1, 0.15) is 30.4 Å². The average Bonchev–Trinajstić information content (AvgIpc) is 2.98. The predicted octanol–water partition coefficient (Wildman–Crippen LogP) is 7.05. The largest absolute Gasteiger partial charge is 0.338 e. The number of benzene rings is 2. The molecule has 0 bridgehead atoms. The van der Waals surface area contributed by atoms with E-state index < -0.39 is 13.7 Å². The van der Waals surface area contributed by atoms with Gasteiger partial charge in [-0.2, -0.15) is 4.98 Å². The zero-order valence-corrected chi connectivity index (χ0v) is 19.9. The third kappa shape index (κ3) is 5.28. The van der Waals surface area contributed by atoms with Gasteiger partial charge in [0, 0.05) is 16.7 Å². The Bertz CT molecular complexity index is 1110. The van der Waals surface area contributed by atoms with E-state index >= 15 is 0 Å². The summed E-state index contributed by atoms with van der Waals surface area (Å²) in [6.45, 7) is 4.10. The lowest BCUT2D eigenvalue weighted by Gasteiger charge is -2.17. The Morgan fingerprint density at radius 1 is 0.935 bits per heavy atom. The Labute approximate surface area is 193 Å². The summed E-state index contributed by atoms with van der Waals surface area (Å²) in [5.74, 6) is 0.443. The molecular weight excluding hydrogens is 453 g/mol. The first-order valence-corrected chi connectivity index (χ1v) is 13.2. The van der Waals surface area contributed by atoms with E-state index in [4.69, 9.17) is 23.2 Å². The molecule has 3 aromatic rings. The van der Waals surface area contributed by atoms with Crippen LogP contribution in [0.2, 0.25) is 10.0 Å². The van der Waals surface area contributed by atoms with Crippen molar-refractivity contribution < 1.29 is 4.39 Å². The Kier molecular flexibility index (Phi) is 6.95. The molecule has 0 saturated heterocycles. The second-order valence-corrected chi connectivity index (χ2v) is 10.9. The van der Waals surface area contributed by atoms with Crippen LogP contribution in [0.3, 0.4) is 0 Å². The quantitative estimate of drug-likeness (QED) is 0.306. The summed E-state index contributed by atoms with van der Waals surface area (Å²) in [5, 5.41) is 7.78. The van der Waals surface area contributed by atoms with Gasteiger partial charge in [0.2, 0.25) is 5.95 Å². The van der Waals surface area contributed by atoms with E-state index in [0.29, 0.717) is 22.5 Å². The van der Waals surface area contributed by atoms with Crippen LogP contribution in [0.25, 0.3) is 0 Å². The molecule has 4 rings (SSSR count). The number of nitrogens with one attached hydrogen (secondary N) is 2. The second-order valence-electron chi connectivity index (χ2n) is 7.86. The summed E-state index contributed by atoms with van der Waals surface area (Å²) < 4.78 is 14.0. The fraction of sp³-hybridized carbons (Fsp3) is 0.304. The zero-order chi connectivity index (χ0) is 22.0. The van der Waals surface area contributed by atoms with Gasteiger partial charge in [-0.25, -0.2) is 9.37 Å². The molecule has 0 atom stereocenters. The topological polar surface area (TPSA) is 49.8 Å². The number of hydrogen-bond acceptors (Lipinski definition) is 4. The van der Waals surface area contributed by atoms with Crippen molar-refractivity contribution in [3.05, 3.63) is 63.5 Å². The fourth-order valence-corrected chi connectivity index (χ4v) is 5.04. The highest BCUT2D eigenvalue weighted by molar-refractivity contribution is 7.64.